The van der Waals surface area contributed by atoms with Gasteiger partial charge in [0.25, 0.3) is 0 Å². The Labute approximate surface area is 214 Å². The van der Waals surface area contributed by atoms with Crippen molar-refractivity contribution in [1.82, 2.24) is 15.5 Å². The van der Waals surface area contributed by atoms with E-state index in [0.29, 0.717) is 24.7 Å². The Morgan fingerprint density at radius 3 is 2.45 bits per heavy atom. The molecule has 0 aliphatic carbocycles. The summed E-state index contributed by atoms with van der Waals surface area (Å²) >= 11 is 0. The standard InChI is InChI=1S/C23H37N5O4.HI/c1-23(2,3)32-22(30)27-18-10-8-17(9-11-18)12-13-24-21(26-16-20(29)28(4)5)25-15-19-7-6-14-31-19;/h8-11,19H,6-7,12-16H2,1-5H3,(H,27,30)(H2,24,25,26);1H. The first-order valence-electron chi connectivity index (χ1n) is 11.1. The summed E-state index contributed by atoms with van der Waals surface area (Å²) in [5.41, 5.74) is 1.25. The van der Waals surface area contributed by atoms with Crippen LogP contribution in [0.5, 0.6) is 0 Å². The van der Waals surface area contributed by atoms with Crippen molar-refractivity contribution < 1.29 is 19.1 Å². The lowest BCUT2D eigenvalue weighted by Crippen LogP contribution is -2.42. The maximum absolute atomic E-state index is 11.9. The number of aliphatic imine (C=N–C) groups is 1. The molecule has 0 bridgehead atoms. The minimum atomic E-state index is -0.538. The van der Waals surface area contributed by atoms with Crippen molar-refractivity contribution in [3.05, 3.63) is 29.8 Å². The lowest BCUT2D eigenvalue weighted by molar-refractivity contribution is -0.127. The zero-order valence-corrected chi connectivity index (χ0v) is 22.6. The normalized spacial score (nSPS) is 15.9. The number of nitrogens with zero attached hydrogens (tertiary/aromatic N) is 2. The van der Waals surface area contributed by atoms with Crippen LogP contribution >= 0.6 is 24.0 Å². The molecule has 10 heteroatoms. The number of benzene rings is 1. The number of hydrogen-bond donors (Lipinski definition) is 3. The number of nitrogens with one attached hydrogen (secondary N) is 3. The maximum atomic E-state index is 11.9. The minimum absolute atomic E-state index is 0. The summed E-state index contributed by atoms with van der Waals surface area (Å²) < 4.78 is 10.9. The fourth-order valence-electron chi connectivity index (χ4n) is 2.98. The Morgan fingerprint density at radius 2 is 1.88 bits per heavy atom. The SMILES string of the molecule is CN(C)C(=O)CN=C(NCCc1ccc(NC(=O)OC(C)(C)C)cc1)NCC1CCCO1.I. The van der Waals surface area contributed by atoms with Crippen LogP contribution in [0.1, 0.15) is 39.2 Å². The first-order chi connectivity index (χ1) is 15.1. The molecular formula is C23H38IN5O4. The van der Waals surface area contributed by atoms with Crippen LogP contribution in [0.2, 0.25) is 0 Å². The second-order valence-electron chi connectivity index (χ2n) is 8.97. The molecule has 2 rings (SSSR count). The number of guanidine groups is 1. The number of anilines is 1. The third-order valence-electron chi connectivity index (χ3n) is 4.70. The zero-order valence-electron chi connectivity index (χ0n) is 20.3. The van der Waals surface area contributed by atoms with E-state index in [1.807, 2.05) is 45.0 Å². The molecule has 1 fully saturated rings. The number of carbonyl (C=O) groups is 2. The molecule has 1 unspecified atom stereocenters. The summed E-state index contributed by atoms with van der Waals surface area (Å²) in [6.45, 7) is 7.66. The van der Waals surface area contributed by atoms with Gasteiger partial charge in [-0.05, 0) is 57.7 Å². The van der Waals surface area contributed by atoms with E-state index in [2.05, 4.69) is 20.9 Å². The predicted octanol–water partition coefficient (Wildman–Crippen LogP) is 3.00. The van der Waals surface area contributed by atoms with Crippen molar-refractivity contribution >= 4 is 47.6 Å². The van der Waals surface area contributed by atoms with Crippen LogP contribution < -0.4 is 16.0 Å². The van der Waals surface area contributed by atoms with Crippen LogP contribution in [-0.2, 0) is 20.7 Å². The van der Waals surface area contributed by atoms with Crippen LogP contribution in [0.15, 0.2) is 29.3 Å². The van der Waals surface area contributed by atoms with Crippen molar-refractivity contribution in [2.45, 2.75) is 51.7 Å². The lowest BCUT2D eigenvalue weighted by Gasteiger charge is -2.19. The molecule has 1 heterocycles. The monoisotopic (exact) mass is 575 g/mol. The number of ether oxygens (including phenoxy) is 2. The summed E-state index contributed by atoms with van der Waals surface area (Å²) in [4.78, 5) is 29.7. The summed E-state index contributed by atoms with van der Waals surface area (Å²) in [6.07, 6.45) is 2.56. The fourth-order valence-corrected chi connectivity index (χ4v) is 2.98. The van der Waals surface area contributed by atoms with Gasteiger partial charge in [0.2, 0.25) is 5.91 Å². The Kier molecular flexibility index (Phi) is 12.5. The van der Waals surface area contributed by atoms with E-state index in [-0.39, 0.29) is 42.5 Å². The van der Waals surface area contributed by atoms with Crippen molar-refractivity contribution in [2.24, 2.45) is 4.99 Å². The summed E-state index contributed by atoms with van der Waals surface area (Å²) in [5.74, 6) is 0.537. The average molecular weight is 575 g/mol. The van der Waals surface area contributed by atoms with Gasteiger partial charge < -0.3 is 25.0 Å². The number of carbonyl (C=O) groups excluding carboxylic acids is 2. The van der Waals surface area contributed by atoms with E-state index in [1.54, 1.807) is 14.1 Å². The average Bonchev–Trinajstić information content (AvgIpc) is 3.22. The molecular weight excluding hydrogens is 537 g/mol. The highest BCUT2D eigenvalue weighted by Gasteiger charge is 2.17. The van der Waals surface area contributed by atoms with Gasteiger partial charge in [-0.1, -0.05) is 12.1 Å². The molecule has 2 amide bonds. The van der Waals surface area contributed by atoms with Gasteiger partial charge in [0.05, 0.1) is 6.10 Å². The van der Waals surface area contributed by atoms with Gasteiger partial charge in [-0.2, -0.15) is 0 Å². The van der Waals surface area contributed by atoms with E-state index in [4.69, 9.17) is 9.47 Å². The molecule has 1 aromatic rings. The molecule has 1 atom stereocenters. The Hall–Kier alpha value is -2.08. The molecule has 1 aliphatic heterocycles. The second-order valence-corrected chi connectivity index (χ2v) is 8.97. The number of halogens is 1. The highest BCUT2D eigenvalue weighted by Crippen LogP contribution is 2.13. The van der Waals surface area contributed by atoms with Crippen LogP contribution in [0, 0.1) is 0 Å². The summed E-state index contributed by atoms with van der Waals surface area (Å²) in [7, 11) is 3.43. The number of rotatable bonds is 8. The molecule has 1 aliphatic rings. The Bertz CT molecular complexity index is 772. The van der Waals surface area contributed by atoms with Gasteiger partial charge in [-0.15, -0.1) is 24.0 Å². The first kappa shape index (κ1) is 29.0. The Morgan fingerprint density at radius 1 is 1.18 bits per heavy atom. The molecule has 33 heavy (non-hydrogen) atoms. The first-order valence-corrected chi connectivity index (χ1v) is 11.1. The topological polar surface area (TPSA) is 104 Å². The summed E-state index contributed by atoms with van der Waals surface area (Å²) in [5, 5.41) is 9.28. The number of hydrogen-bond acceptors (Lipinski definition) is 5. The van der Waals surface area contributed by atoms with Gasteiger partial charge in [0, 0.05) is 39.5 Å². The predicted molar refractivity (Wildman–Crippen MR) is 141 cm³/mol. The van der Waals surface area contributed by atoms with Gasteiger partial charge in [-0.25, -0.2) is 9.79 Å². The second kappa shape index (κ2) is 14.2. The smallest absolute Gasteiger partial charge is 0.412 e. The molecule has 9 nitrogen and oxygen atoms in total. The van der Waals surface area contributed by atoms with Crippen LogP contribution in [0.3, 0.4) is 0 Å². The summed E-state index contributed by atoms with van der Waals surface area (Å²) in [6, 6.07) is 7.61. The van der Waals surface area contributed by atoms with Crippen molar-refractivity contribution in [1.29, 1.82) is 0 Å². The molecule has 0 radical (unpaired) electrons. The van der Waals surface area contributed by atoms with Crippen molar-refractivity contribution in [3.63, 3.8) is 0 Å². The van der Waals surface area contributed by atoms with E-state index < -0.39 is 11.7 Å². The van der Waals surface area contributed by atoms with Gasteiger partial charge in [-0.3, -0.25) is 10.1 Å². The van der Waals surface area contributed by atoms with Crippen molar-refractivity contribution in [2.75, 3.05) is 45.7 Å². The van der Waals surface area contributed by atoms with E-state index in [0.717, 1.165) is 31.4 Å². The largest absolute Gasteiger partial charge is 0.444 e. The lowest BCUT2D eigenvalue weighted by atomic mass is 10.1. The third-order valence-corrected chi connectivity index (χ3v) is 4.70. The van der Waals surface area contributed by atoms with Gasteiger partial charge >= 0.3 is 6.09 Å². The van der Waals surface area contributed by atoms with Crippen LogP contribution in [0.4, 0.5) is 10.5 Å². The molecule has 1 aromatic carbocycles. The molecule has 1 saturated heterocycles. The molecule has 3 N–H and O–H groups in total. The van der Waals surface area contributed by atoms with Gasteiger partial charge in [0.15, 0.2) is 5.96 Å². The Balaban J connectivity index is 0.00000544. The zero-order chi connectivity index (χ0) is 23.6. The quantitative estimate of drug-likeness (QED) is 0.250. The third kappa shape index (κ3) is 12.1. The number of likely N-dealkylation sites (N-methyl/N-ethyl adjacent to an activating group) is 1. The molecule has 0 aromatic heterocycles. The van der Waals surface area contributed by atoms with Crippen molar-refractivity contribution in [3.8, 4) is 0 Å². The minimum Gasteiger partial charge on any atom is -0.444 e. The molecule has 0 saturated carbocycles. The van der Waals surface area contributed by atoms with E-state index in [1.165, 1.54) is 4.90 Å². The molecule has 0 spiro atoms. The van der Waals surface area contributed by atoms with Crippen LogP contribution in [-0.4, -0.2) is 74.9 Å². The highest BCUT2D eigenvalue weighted by molar-refractivity contribution is 14.0. The highest BCUT2D eigenvalue weighted by atomic mass is 127. The fraction of sp³-hybridized carbons (Fsp3) is 0.609. The van der Waals surface area contributed by atoms with E-state index >= 15 is 0 Å². The van der Waals surface area contributed by atoms with Gasteiger partial charge in [0.1, 0.15) is 12.1 Å². The maximum Gasteiger partial charge on any atom is 0.412 e. The number of amides is 2. The molecule has 186 valence electrons. The van der Waals surface area contributed by atoms with E-state index in [9.17, 15) is 9.59 Å². The van der Waals surface area contributed by atoms with Crippen LogP contribution in [0.25, 0.3) is 0 Å².